The van der Waals surface area contributed by atoms with Gasteiger partial charge in [-0.05, 0) is 61.6 Å². The van der Waals surface area contributed by atoms with E-state index in [0.717, 1.165) is 23.9 Å². The minimum absolute atomic E-state index is 0.0179. The van der Waals surface area contributed by atoms with Gasteiger partial charge in [0.2, 0.25) is 0 Å². The topological polar surface area (TPSA) is 45.6 Å². The van der Waals surface area contributed by atoms with Crippen molar-refractivity contribution < 1.29 is 9.84 Å². The van der Waals surface area contributed by atoms with Crippen molar-refractivity contribution in [1.82, 2.24) is 9.88 Å². The number of rotatable bonds is 2. The van der Waals surface area contributed by atoms with E-state index in [1.807, 2.05) is 18.3 Å². The summed E-state index contributed by atoms with van der Waals surface area (Å²) in [4.78, 5) is 7.08. The molecular weight excluding hydrogens is 288 g/mol. The summed E-state index contributed by atoms with van der Waals surface area (Å²) < 4.78 is 6.74. The molecule has 2 aromatic rings. The number of fused-ring (bicyclic) bond motifs is 3. The lowest BCUT2D eigenvalue weighted by Crippen LogP contribution is -2.70. The summed E-state index contributed by atoms with van der Waals surface area (Å²) in [5.74, 6) is 1.00. The Hall–Kier alpha value is -1.65. The minimum Gasteiger partial charge on any atom is -0.508 e. The molecule has 1 N–H and O–H groups in total. The van der Waals surface area contributed by atoms with E-state index in [-0.39, 0.29) is 11.7 Å². The van der Waals surface area contributed by atoms with Gasteiger partial charge in [-0.1, -0.05) is 6.92 Å². The van der Waals surface area contributed by atoms with E-state index >= 15 is 0 Å². The lowest BCUT2D eigenvalue weighted by Gasteiger charge is -2.64. The highest BCUT2D eigenvalue weighted by atomic mass is 16.5. The average Bonchev–Trinajstić information content (AvgIpc) is 2.61. The molecule has 5 atom stereocenters. The Morgan fingerprint density at radius 3 is 3.09 bits per heavy atom. The fraction of sp³-hybridized carbons (Fsp3) is 0.526. The molecule has 5 fully saturated rings. The first-order valence-corrected chi connectivity index (χ1v) is 8.70. The second kappa shape index (κ2) is 4.68. The maximum atomic E-state index is 9.91. The molecule has 4 heteroatoms. The number of aromatic nitrogens is 1. The fourth-order valence-electron chi connectivity index (χ4n) is 5.13. The van der Waals surface area contributed by atoms with Crippen LogP contribution in [0.2, 0.25) is 0 Å². The van der Waals surface area contributed by atoms with Gasteiger partial charge in [0.25, 0.3) is 0 Å². The standard InChI is InChI=1S/C19H22N2O2/c1-2-19-11-21-8-6-12(19)9-17(21)18(23-19)14-5-7-20-16-4-3-13(22)10-15(14)16/h3-5,7,10,12,17-18,22H,2,6,8-9,11H2,1H3/t12?,17?,18-,19+/m0/s1. The zero-order chi connectivity index (χ0) is 15.6. The first-order chi connectivity index (χ1) is 11.2. The van der Waals surface area contributed by atoms with Crippen LogP contribution < -0.4 is 0 Å². The highest BCUT2D eigenvalue weighted by Crippen LogP contribution is 2.54. The zero-order valence-corrected chi connectivity index (χ0v) is 13.4. The third-order valence-corrected chi connectivity index (χ3v) is 6.35. The predicted molar refractivity (Wildman–Crippen MR) is 88.3 cm³/mol. The number of ether oxygens (including phenoxy) is 1. The summed E-state index contributed by atoms with van der Waals surface area (Å²) >= 11 is 0. The molecule has 7 rings (SSSR count). The molecule has 3 unspecified atom stereocenters. The van der Waals surface area contributed by atoms with E-state index in [1.54, 1.807) is 6.07 Å². The summed E-state index contributed by atoms with van der Waals surface area (Å²) in [7, 11) is 0. The van der Waals surface area contributed by atoms with Gasteiger partial charge in [-0.15, -0.1) is 0 Å². The molecule has 1 aromatic heterocycles. The molecule has 4 nitrogen and oxygen atoms in total. The number of nitrogens with zero attached hydrogens (tertiary/aromatic N) is 2. The molecule has 5 aliphatic heterocycles. The van der Waals surface area contributed by atoms with Crippen LogP contribution in [-0.4, -0.2) is 39.7 Å². The molecule has 0 radical (unpaired) electrons. The van der Waals surface area contributed by atoms with E-state index in [1.165, 1.54) is 24.9 Å². The first-order valence-electron chi connectivity index (χ1n) is 8.70. The predicted octanol–water partition coefficient (Wildman–Crippen LogP) is 3.25. The second-order valence-electron chi connectivity index (χ2n) is 7.32. The third kappa shape index (κ3) is 1.82. The number of hydrogen-bond acceptors (Lipinski definition) is 4. The molecule has 6 heterocycles. The molecule has 0 amide bonds. The molecule has 5 aliphatic rings. The molecule has 1 aromatic carbocycles. The number of phenolic OH excluding ortho intramolecular Hbond substituents is 1. The van der Waals surface area contributed by atoms with Crippen LogP contribution in [0.4, 0.5) is 0 Å². The Labute approximate surface area is 136 Å². The summed E-state index contributed by atoms with van der Waals surface area (Å²) in [6.45, 7) is 4.55. The largest absolute Gasteiger partial charge is 0.508 e. The van der Waals surface area contributed by atoms with Gasteiger partial charge < -0.3 is 9.84 Å². The Bertz CT molecular complexity index is 777. The van der Waals surface area contributed by atoms with E-state index < -0.39 is 0 Å². The van der Waals surface area contributed by atoms with Crippen LogP contribution in [0.3, 0.4) is 0 Å². The van der Waals surface area contributed by atoms with Crippen molar-refractivity contribution in [3.63, 3.8) is 0 Å². The summed E-state index contributed by atoms with van der Waals surface area (Å²) in [5.41, 5.74) is 2.12. The van der Waals surface area contributed by atoms with Crippen molar-refractivity contribution >= 4 is 10.9 Å². The van der Waals surface area contributed by atoms with Gasteiger partial charge in [0.05, 0.1) is 17.2 Å². The molecule has 23 heavy (non-hydrogen) atoms. The SMILES string of the molecule is CC[C@@]12CN3CCC1CC3[C@H](c1ccnc3ccc(O)cc13)O2. The lowest BCUT2D eigenvalue weighted by molar-refractivity contribution is -0.274. The number of phenols is 1. The molecule has 4 bridgehead atoms. The summed E-state index contributed by atoms with van der Waals surface area (Å²) in [5, 5.41) is 10.9. The fourth-order valence-corrected chi connectivity index (χ4v) is 5.13. The van der Waals surface area contributed by atoms with Crippen molar-refractivity contribution in [2.45, 2.75) is 43.9 Å². The highest BCUT2D eigenvalue weighted by Gasteiger charge is 2.58. The molecule has 0 saturated carbocycles. The normalized spacial score (nSPS) is 38.3. The maximum absolute atomic E-state index is 9.91. The van der Waals surface area contributed by atoms with Gasteiger partial charge in [0, 0.05) is 24.2 Å². The summed E-state index contributed by atoms with van der Waals surface area (Å²) in [6, 6.07) is 7.96. The van der Waals surface area contributed by atoms with Crippen molar-refractivity contribution in [1.29, 1.82) is 0 Å². The van der Waals surface area contributed by atoms with E-state index in [0.29, 0.717) is 17.7 Å². The first kappa shape index (κ1) is 13.8. The Kier molecular flexibility index (Phi) is 2.80. The van der Waals surface area contributed by atoms with E-state index in [9.17, 15) is 5.11 Å². The second-order valence-corrected chi connectivity index (χ2v) is 7.32. The number of morpholine rings is 1. The Morgan fingerprint density at radius 2 is 2.30 bits per heavy atom. The van der Waals surface area contributed by atoms with E-state index in [4.69, 9.17) is 4.74 Å². The van der Waals surface area contributed by atoms with Crippen molar-refractivity contribution in [2.24, 2.45) is 5.92 Å². The van der Waals surface area contributed by atoms with Crippen LogP contribution >= 0.6 is 0 Å². The van der Waals surface area contributed by atoms with Crippen LogP contribution in [0.15, 0.2) is 30.5 Å². The number of benzene rings is 1. The number of aromatic hydroxyl groups is 1. The van der Waals surface area contributed by atoms with Gasteiger partial charge in [-0.25, -0.2) is 0 Å². The summed E-state index contributed by atoms with van der Waals surface area (Å²) in [6.07, 6.45) is 5.54. The number of pyridine rings is 1. The lowest BCUT2D eigenvalue weighted by atomic mass is 9.66. The van der Waals surface area contributed by atoms with Gasteiger partial charge in [0.15, 0.2) is 0 Å². The monoisotopic (exact) mass is 310 g/mol. The van der Waals surface area contributed by atoms with Crippen molar-refractivity contribution in [2.75, 3.05) is 13.1 Å². The Morgan fingerprint density at radius 1 is 1.39 bits per heavy atom. The van der Waals surface area contributed by atoms with Gasteiger partial charge in [-0.3, -0.25) is 9.88 Å². The third-order valence-electron chi connectivity index (χ3n) is 6.35. The van der Waals surface area contributed by atoms with Crippen LogP contribution in [0, 0.1) is 5.92 Å². The molecule has 120 valence electrons. The van der Waals surface area contributed by atoms with Gasteiger partial charge >= 0.3 is 0 Å². The van der Waals surface area contributed by atoms with Crippen LogP contribution in [0.1, 0.15) is 37.9 Å². The Balaban J connectivity index is 1.64. The van der Waals surface area contributed by atoms with Gasteiger partial charge in [0.1, 0.15) is 5.75 Å². The van der Waals surface area contributed by atoms with Crippen molar-refractivity contribution in [3.8, 4) is 5.75 Å². The molecule has 0 aliphatic carbocycles. The smallest absolute Gasteiger partial charge is 0.116 e. The van der Waals surface area contributed by atoms with Crippen LogP contribution in [0.5, 0.6) is 5.75 Å². The zero-order valence-electron chi connectivity index (χ0n) is 13.4. The highest BCUT2D eigenvalue weighted by molar-refractivity contribution is 5.83. The number of hydrogen-bond donors (Lipinski definition) is 1. The quantitative estimate of drug-likeness (QED) is 0.925. The van der Waals surface area contributed by atoms with Crippen molar-refractivity contribution in [3.05, 3.63) is 36.0 Å². The van der Waals surface area contributed by atoms with Gasteiger partial charge in [-0.2, -0.15) is 0 Å². The molecule has 0 spiro atoms. The number of piperidine rings is 3. The average molecular weight is 310 g/mol. The van der Waals surface area contributed by atoms with Crippen LogP contribution in [-0.2, 0) is 4.74 Å². The maximum Gasteiger partial charge on any atom is 0.116 e. The van der Waals surface area contributed by atoms with Crippen LogP contribution in [0.25, 0.3) is 10.9 Å². The molecule has 5 saturated heterocycles. The molecular formula is C19H22N2O2. The minimum atomic E-state index is 0.0179. The van der Waals surface area contributed by atoms with E-state index in [2.05, 4.69) is 22.9 Å².